The predicted molar refractivity (Wildman–Crippen MR) is 83.0 cm³/mol. The highest BCUT2D eigenvalue weighted by molar-refractivity contribution is 5.97. The highest BCUT2D eigenvalue weighted by atomic mass is 16.5. The van der Waals surface area contributed by atoms with Gasteiger partial charge in [0, 0.05) is 17.9 Å². The molecule has 0 atom stereocenters. The summed E-state index contributed by atoms with van der Waals surface area (Å²) in [6, 6.07) is 8.33. The van der Waals surface area contributed by atoms with Gasteiger partial charge in [0.15, 0.2) is 0 Å². The standard InChI is InChI=1S/C16H19N3O3/c1-4-22-16(21)12-5-7-14(8-6-12)18-10-13(9-17)15(20)19-11(2)3/h5-8,10-11,18H,4H2,1-3H3,(H,19,20)/b13-10-. The third kappa shape index (κ3) is 5.29. The van der Waals surface area contributed by atoms with Crippen molar-refractivity contribution in [1.82, 2.24) is 5.32 Å². The lowest BCUT2D eigenvalue weighted by molar-refractivity contribution is -0.117. The van der Waals surface area contributed by atoms with Crippen LogP contribution in [0.1, 0.15) is 31.1 Å². The minimum absolute atomic E-state index is 0.0248. The van der Waals surface area contributed by atoms with Crippen LogP contribution in [-0.2, 0) is 9.53 Å². The number of nitrogens with one attached hydrogen (secondary N) is 2. The van der Waals surface area contributed by atoms with Crippen LogP contribution in [0.15, 0.2) is 36.0 Å². The van der Waals surface area contributed by atoms with E-state index in [2.05, 4.69) is 10.6 Å². The summed E-state index contributed by atoms with van der Waals surface area (Å²) in [5, 5.41) is 14.5. The highest BCUT2D eigenvalue weighted by Gasteiger charge is 2.10. The molecule has 0 unspecified atom stereocenters. The monoisotopic (exact) mass is 301 g/mol. The molecule has 6 heteroatoms. The molecule has 0 aliphatic heterocycles. The van der Waals surface area contributed by atoms with Gasteiger partial charge in [0.1, 0.15) is 11.6 Å². The van der Waals surface area contributed by atoms with Gasteiger partial charge in [-0.25, -0.2) is 4.79 Å². The number of anilines is 1. The molecule has 0 saturated carbocycles. The Morgan fingerprint density at radius 2 is 1.95 bits per heavy atom. The summed E-state index contributed by atoms with van der Waals surface area (Å²) in [5.74, 6) is -0.827. The second-order valence-electron chi connectivity index (χ2n) is 4.74. The highest BCUT2D eigenvalue weighted by Crippen LogP contribution is 2.11. The first-order valence-corrected chi connectivity index (χ1v) is 6.92. The van der Waals surface area contributed by atoms with Gasteiger partial charge in [-0.15, -0.1) is 0 Å². The van der Waals surface area contributed by atoms with Crippen LogP contribution in [0, 0.1) is 11.3 Å². The SMILES string of the molecule is CCOC(=O)c1ccc(N/C=C(/C#N)C(=O)NC(C)C)cc1. The maximum Gasteiger partial charge on any atom is 0.338 e. The fourth-order valence-corrected chi connectivity index (χ4v) is 1.56. The van der Waals surface area contributed by atoms with Gasteiger partial charge in [-0.3, -0.25) is 4.79 Å². The van der Waals surface area contributed by atoms with E-state index in [9.17, 15) is 9.59 Å². The molecule has 0 aromatic heterocycles. The Balaban J connectivity index is 2.74. The first-order chi connectivity index (χ1) is 10.5. The van der Waals surface area contributed by atoms with Crippen LogP contribution in [0.4, 0.5) is 5.69 Å². The Bertz CT molecular complexity index is 598. The van der Waals surface area contributed by atoms with Crippen molar-refractivity contribution in [3.8, 4) is 6.07 Å². The van der Waals surface area contributed by atoms with Gasteiger partial charge in [-0.2, -0.15) is 5.26 Å². The van der Waals surface area contributed by atoms with Crippen molar-refractivity contribution in [1.29, 1.82) is 5.26 Å². The normalized spacial score (nSPS) is 10.8. The first-order valence-electron chi connectivity index (χ1n) is 6.92. The van der Waals surface area contributed by atoms with Crippen molar-refractivity contribution in [2.24, 2.45) is 0 Å². The Morgan fingerprint density at radius 1 is 1.32 bits per heavy atom. The van der Waals surface area contributed by atoms with Crippen LogP contribution in [0.5, 0.6) is 0 Å². The molecule has 0 spiro atoms. The van der Waals surface area contributed by atoms with Crippen LogP contribution >= 0.6 is 0 Å². The van der Waals surface area contributed by atoms with Gasteiger partial charge in [-0.05, 0) is 45.0 Å². The van der Waals surface area contributed by atoms with E-state index in [0.29, 0.717) is 17.9 Å². The molecule has 0 heterocycles. The zero-order valence-electron chi connectivity index (χ0n) is 12.8. The molecule has 6 nitrogen and oxygen atoms in total. The maximum absolute atomic E-state index is 11.7. The molecule has 22 heavy (non-hydrogen) atoms. The van der Waals surface area contributed by atoms with E-state index in [1.165, 1.54) is 6.20 Å². The number of esters is 1. The van der Waals surface area contributed by atoms with Crippen molar-refractivity contribution in [3.63, 3.8) is 0 Å². The Morgan fingerprint density at radius 3 is 2.45 bits per heavy atom. The third-order valence-corrected chi connectivity index (χ3v) is 2.56. The second kappa shape index (κ2) is 8.47. The van der Waals surface area contributed by atoms with Crippen molar-refractivity contribution in [2.45, 2.75) is 26.8 Å². The van der Waals surface area contributed by atoms with Gasteiger partial charge >= 0.3 is 5.97 Å². The fraction of sp³-hybridized carbons (Fsp3) is 0.312. The van der Waals surface area contributed by atoms with Crippen molar-refractivity contribution < 1.29 is 14.3 Å². The zero-order chi connectivity index (χ0) is 16.5. The van der Waals surface area contributed by atoms with Crippen LogP contribution < -0.4 is 10.6 Å². The Labute approximate surface area is 129 Å². The molecule has 116 valence electrons. The molecule has 1 rings (SSSR count). The van der Waals surface area contributed by atoms with Crippen molar-refractivity contribution in [2.75, 3.05) is 11.9 Å². The van der Waals surface area contributed by atoms with E-state index in [1.54, 1.807) is 31.2 Å². The Hall–Kier alpha value is -2.81. The number of hydrogen-bond acceptors (Lipinski definition) is 5. The number of ether oxygens (including phenoxy) is 1. The summed E-state index contributed by atoms with van der Waals surface area (Å²) < 4.78 is 4.88. The number of nitriles is 1. The van der Waals surface area contributed by atoms with Crippen molar-refractivity contribution in [3.05, 3.63) is 41.6 Å². The van der Waals surface area contributed by atoms with E-state index < -0.39 is 11.9 Å². The first kappa shape index (κ1) is 17.2. The quantitative estimate of drug-likeness (QED) is 0.477. The van der Waals surface area contributed by atoms with Crippen LogP contribution in [0.2, 0.25) is 0 Å². The molecular weight excluding hydrogens is 282 g/mol. The van der Waals surface area contributed by atoms with Gasteiger partial charge in [0.2, 0.25) is 0 Å². The van der Waals surface area contributed by atoms with Gasteiger partial charge < -0.3 is 15.4 Å². The summed E-state index contributed by atoms with van der Waals surface area (Å²) in [7, 11) is 0. The molecule has 1 aromatic rings. The summed E-state index contributed by atoms with van der Waals surface area (Å²) in [5.41, 5.74) is 1.07. The smallest absolute Gasteiger partial charge is 0.338 e. The maximum atomic E-state index is 11.7. The van der Waals surface area contributed by atoms with Crippen LogP contribution in [-0.4, -0.2) is 24.5 Å². The average Bonchev–Trinajstić information content (AvgIpc) is 2.48. The lowest BCUT2D eigenvalue weighted by Crippen LogP contribution is -2.31. The van der Waals surface area contributed by atoms with Gasteiger partial charge in [0.25, 0.3) is 5.91 Å². The minimum atomic E-state index is -0.437. The largest absolute Gasteiger partial charge is 0.462 e. The molecule has 2 N–H and O–H groups in total. The molecule has 0 fully saturated rings. The molecule has 0 saturated heterocycles. The van der Waals surface area contributed by atoms with Gasteiger partial charge in [-0.1, -0.05) is 0 Å². The number of amides is 1. The van der Waals surface area contributed by atoms with E-state index in [0.717, 1.165) is 0 Å². The summed E-state index contributed by atoms with van der Waals surface area (Å²) in [6.45, 7) is 5.69. The molecule has 1 aromatic carbocycles. The predicted octanol–water partition coefficient (Wildman–Crippen LogP) is 2.21. The minimum Gasteiger partial charge on any atom is -0.462 e. The van der Waals surface area contributed by atoms with Crippen LogP contribution in [0.25, 0.3) is 0 Å². The van der Waals surface area contributed by atoms with Gasteiger partial charge in [0.05, 0.1) is 12.2 Å². The van der Waals surface area contributed by atoms with Crippen LogP contribution in [0.3, 0.4) is 0 Å². The molecule has 1 amide bonds. The number of benzene rings is 1. The second-order valence-corrected chi connectivity index (χ2v) is 4.74. The van der Waals surface area contributed by atoms with Crippen molar-refractivity contribution >= 4 is 17.6 Å². The summed E-state index contributed by atoms with van der Waals surface area (Å²) >= 11 is 0. The van der Waals surface area contributed by atoms with E-state index >= 15 is 0 Å². The third-order valence-electron chi connectivity index (χ3n) is 2.56. The summed E-state index contributed by atoms with van der Waals surface area (Å²) in [6.07, 6.45) is 1.33. The molecule has 0 aliphatic rings. The fourth-order valence-electron chi connectivity index (χ4n) is 1.56. The summed E-state index contributed by atoms with van der Waals surface area (Å²) in [4.78, 5) is 23.2. The number of hydrogen-bond donors (Lipinski definition) is 2. The van der Waals surface area contributed by atoms with E-state index in [4.69, 9.17) is 10.00 Å². The number of carbonyl (C=O) groups excluding carboxylic acids is 2. The zero-order valence-corrected chi connectivity index (χ0v) is 12.8. The molecule has 0 radical (unpaired) electrons. The number of carbonyl (C=O) groups is 2. The number of rotatable bonds is 6. The molecule has 0 aliphatic carbocycles. The average molecular weight is 301 g/mol. The lowest BCUT2D eigenvalue weighted by atomic mass is 10.2. The topological polar surface area (TPSA) is 91.2 Å². The molecule has 0 bridgehead atoms. The molecular formula is C16H19N3O3. The van der Waals surface area contributed by atoms with E-state index in [-0.39, 0.29) is 11.6 Å². The Kier molecular flexibility index (Phi) is 6.64. The van der Waals surface area contributed by atoms with E-state index in [1.807, 2.05) is 19.9 Å². The number of nitrogens with zero attached hydrogens (tertiary/aromatic N) is 1. The lowest BCUT2D eigenvalue weighted by Gasteiger charge is -2.08.